The molecule has 0 bridgehead atoms. The third-order valence-electron chi connectivity index (χ3n) is 3.85. The number of carbonyl (C=O) groups is 1. The zero-order chi connectivity index (χ0) is 13.7. The van der Waals surface area contributed by atoms with E-state index in [0.29, 0.717) is 18.4 Å². The molecule has 1 aromatic carbocycles. The molecule has 0 saturated carbocycles. The van der Waals surface area contributed by atoms with Crippen molar-refractivity contribution in [3.63, 3.8) is 0 Å². The Kier molecular flexibility index (Phi) is 4.97. The summed E-state index contributed by atoms with van der Waals surface area (Å²) in [5, 5.41) is 3.44. The average molecular weight is 261 g/mol. The maximum atomic E-state index is 11.5. The standard InChI is InChI=1S/C16H23NO2/c1-3-15(18)12-5-7-14(8-6-12)17-11-13-9-10-19-16(13)4-2/h5-8,13,16-17H,3-4,9-11H2,1-2H3. The highest BCUT2D eigenvalue weighted by atomic mass is 16.5. The molecule has 1 aliphatic heterocycles. The summed E-state index contributed by atoms with van der Waals surface area (Å²) >= 11 is 0. The lowest BCUT2D eigenvalue weighted by atomic mass is 9.99. The first kappa shape index (κ1) is 14.1. The molecule has 0 aliphatic carbocycles. The van der Waals surface area contributed by atoms with Crippen molar-refractivity contribution >= 4 is 11.5 Å². The highest BCUT2D eigenvalue weighted by molar-refractivity contribution is 5.96. The van der Waals surface area contributed by atoms with E-state index in [0.717, 1.165) is 37.2 Å². The van der Waals surface area contributed by atoms with Gasteiger partial charge in [0.25, 0.3) is 0 Å². The van der Waals surface area contributed by atoms with Crippen LogP contribution in [0.4, 0.5) is 5.69 Å². The Morgan fingerprint density at radius 3 is 2.68 bits per heavy atom. The molecule has 1 saturated heterocycles. The summed E-state index contributed by atoms with van der Waals surface area (Å²) in [6.07, 6.45) is 3.17. The molecule has 2 rings (SSSR count). The Balaban J connectivity index is 1.88. The smallest absolute Gasteiger partial charge is 0.162 e. The second-order valence-corrected chi connectivity index (χ2v) is 5.10. The zero-order valence-electron chi connectivity index (χ0n) is 11.8. The van der Waals surface area contributed by atoms with Gasteiger partial charge in [0.05, 0.1) is 6.10 Å². The van der Waals surface area contributed by atoms with Crippen LogP contribution in [-0.4, -0.2) is 25.0 Å². The number of hydrogen-bond donors (Lipinski definition) is 1. The number of Topliss-reactive ketones (excluding diaryl/α,β-unsaturated/α-hetero) is 1. The summed E-state index contributed by atoms with van der Waals surface area (Å²) in [5.74, 6) is 0.795. The molecule has 1 fully saturated rings. The molecule has 104 valence electrons. The SMILES string of the molecule is CCC(=O)c1ccc(NCC2CCOC2CC)cc1. The van der Waals surface area contributed by atoms with Gasteiger partial charge in [0.15, 0.2) is 5.78 Å². The molecule has 1 heterocycles. The van der Waals surface area contributed by atoms with Crippen molar-refractivity contribution in [2.75, 3.05) is 18.5 Å². The number of ketones is 1. The fourth-order valence-electron chi connectivity index (χ4n) is 2.60. The zero-order valence-corrected chi connectivity index (χ0v) is 11.8. The van der Waals surface area contributed by atoms with E-state index in [1.165, 1.54) is 0 Å². The van der Waals surface area contributed by atoms with Gasteiger partial charge in [-0.25, -0.2) is 0 Å². The molecule has 1 N–H and O–H groups in total. The Labute approximate surface area is 115 Å². The van der Waals surface area contributed by atoms with Crippen molar-refractivity contribution in [3.05, 3.63) is 29.8 Å². The van der Waals surface area contributed by atoms with Crippen LogP contribution in [0, 0.1) is 5.92 Å². The van der Waals surface area contributed by atoms with Crippen molar-refractivity contribution in [1.29, 1.82) is 0 Å². The molecule has 0 aromatic heterocycles. The van der Waals surface area contributed by atoms with E-state index in [4.69, 9.17) is 4.74 Å². The predicted octanol–water partition coefficient (Wildman–Crippen LogP) is 3.51. The highest BCUT2D eigenvalue weighted by Gasteiger charge is 2.26. The van der Waals surface area contributed by atoms with Crippen LogP contribution in [0.2, 0.25) is 0 Å². The molecule has 0 radical (unpaired) electrons. The maximum Gasteiger partial charge on any atom is 0.162 e. The summed E-state index contributed by atoms with van der Waals surface area (Å²) in [4.78, 5) is 11.5. The van der Waals surface area contributed by atoms with Gasteiger partial charge in [0.1, 0.15) is 0 Å². The second kappa shape index (κ2) is 6.71. The van der Waals surface area contributed by atoms with Crippen LogP contribution in [0.3, 0.4) is 0 Å². The van der Waals surface area contributed by atoms with Gasteiger partial charge in [-0.05, 0) is 37.1 Å². The lowest BCUT2D eigenvalue weighted by Crippen LogP contribution is -2.22. The summed E-state index contributed by atoms with van der Waals surface area (Å²) < 4.78 is 5.68. The first-order valence-electron chi connectivity index (χ1n) is 7.23. The van der Waals surface area contributed by atoms with Gasteiger partial charge in [0.2, 0.25) is 0 Å². The minimum Gasteiger partial charge on any atom is -0.385 e. The molecule has 3 heteroatoms. The maximum absolute atomic E-state index is 11.5. The van der Waals surface area contributed by atoms with Crippen molar-refractivity contribution in [3.8, 4) is 0 Å². The molecule has 0 spiro atoms. The first-order chi connectivity index (χ1) is 9.24. The van der Waals surface area contributed by atoms with E-state index >= 15 is 0 Å². The van der Waals surface area contributed by atoms with E-state index in [1.54, 1.807) is 0 Å². The van der Waals surface area contributed by atoms with Crippen LogP contribution >= 0.6 is 0 Å². The van der Waals surface area contributed by atoms with Crippen LogP contribution in [0.5, 0.6) is 0 Å². The summed E-state index contributed by atoms with van der Waals surface area (Å²) in [7, 11) is 0. The fraction of sp³-hybridized carbons (Fsp3) is 0.562. The van der Waals surface area contributed by atoms with E-state index in [-0.39, 0.29) is 5.78 Å². The number of rotatable bonds is 6. The van der Waals surface area contributed by atoms with E-state index in [1.807, 2.05) is 31.2 Å². The lowest BCUT2D eigenvalue weighted by molar-refractivity contribution is 0.0900. The monoisotopic (exact) mass is 261 g/mol. The number of carbonyl (C=O) groups excluding carboxylic acids is 1. The third kappa shape index (κ3) is 3.57. The summed E-state index contributed by atoms with van der Waals surface area (Å²) in [6.45, 7) is 5.89. The van der Waals surface area contributed by atoms with Crippen LogP contribution in [0.25, 0.3) is 0 Å². The lowest BCUT2D eigenvalue weighted by Gasteiger charge is -2.18. The van der Waals surface area contributed by atoms with Crippen molar-refractivity contribution in [2.24, 2.45) is 5.92 Å². The average Bonchev–Trinajstić information content (AvgIpc) is 2.92. The minimum atomic E-state index is 0.196. The normalized spacial score (nSPS) is 22.4. The van der Waals surface area contributed by atoms with Gasteiger partial charge < -0.3 is 10.1 Å². The summed E-state index contributed by atoms with van der Waals surface area (Å²) in [6, 6.07) is 7.77. The molecular weight excluding hydrogens is 238 g/mol. The number of ether oxygens (including phenoxy) is 1. The fourth-order valence-corrected chi connectivity index (χ4v) is 2.60. The Morgan fingerprint density at radius 2 is 2.05 bits per heavy atom. The molecule has 3 nitrogen and oxygen atoms in total. The highest BCUT2D eigenvalue weighted by Crippen LogP contribution is 2.24. The quantitative estimate of drug-likeness (QED) is 0.796. The van der Waals surface area contributed by atoms with E-state index < -0.39 is 0 Å². The van der Waals surface area contributed by atoms with Gasteiger partial charge in [-0.3, -0.25) is 4.79 Å². The van der Waals surface area contributed by atoms with Crippen LogP contribution in [-0.2, 0) is 4.74 Å². The largest absolute Gasteiger partial charge is 0.385 e. The van der Waals surface area contributed by atoms with E-state index in [2.05, 4.69) is 12.2 Å². The van der Waals surface area contributed by atoms with Gasteiger partial charge in [0, 0.05) is 36.7 Å². The van der Waals surface area contributed by atoms with Gasteiger partial charge in [-0.15, -0.1) is 0 Å². The number of benzene rings is 1. The van der Waals surface area contributed by atoms with Gasteiger partial charge >= 0.3 is 0 Å². The van der Waals surface area contributed by atoms with Crippen molar-refractivity contribution in [2.45, 2.75) is 39.2 Å². The first-order valence-corrected chi connectivity index (χ1v) is 7.23. The van der Waals surface area contributed by atoms with Crippen molar-refractivity contribution < 1.29 is 9.53 Å². The molecule has 19 heavy (non-hydrogen) atoms. The van der Waals surface area contributed by atoms with Gasteiger partial charge in [-0.2, -0.15) is 0 Å². The Bertz CT molecular complexity index is 413. The third-order valence-corrected chi connectivity index (χ3v) is 3.85. The molecule has 2 atom stereocenters. The molecule has 0 amide bonds. The number of anilines is 1. The number of nitrogens with one attached hydrogen (secondary N) is 1. The topological polar surface area (TPSA) is 38.3 Å². The van der Waals surface area contributed by atoms with Crippen molar-refractivity contribution in [1.82, 2.24) is 0 Å². The van der Waals surface area contributed by atoms with Crippen LogP contribution in [0.15, 0.2) is 24.3 Å². The Hall–Kier alpha value is -1.35. The number of hydrogen-bond acceptors (Lipinski definition) is 3. The Morgan fingerprint density at radius 1 is 1.32 bits per heavy atom. The molecule has 1 aromatic rings. The minimum absolute atomic E-state index is 0.196. The van der Waals surface area contributed by atoms with Crippen LogP contribution < -0.4 is 5.32 Å². The summed E-state index contributed by atoms with van der Waals surface area (Å²) in [5.41, 5.74) is 1.87. The van der Waals surface area contributed by atoms with Gasteiger partial charge in [-0.1, -0.05) is 13.8 Å². The molecular formula is C16H23NO2. The predicted molar refractivity (Wildman–Crippen MR) is 77.7 cm³/mol. The van der Waals surface area contributed by atoms with Crippen LogP contribution in [0.1, 0.15) is 43.5 Å². The second-order valence-electron chi connectivity index (χ2n) is 5.10. The molecule has 1 aliphatic rings. The van der Waals surface area contributed by atoms with E-state index in [9.17, 15) is 4.79 Å². The molecule has 2 unspecified atom stereocenters.